The average Bonchev–Trinajstić information content (AvgIpc) is 2.85. The molecule has 0 amide bonds. The SMILES string of the molecule is Cc1ncc(S(=O)(=O)Nc2c[nH]c(C)c2C(=O)O)s1. The van der Waals surface area contributed by atoms with E-state index in [-0.39, 0.29) is 15.5 Å². The molecule has 2 aromatic heterocycles. The van der Waals surface area contributed by atoms with E-state index >= 15 is 0 Å². The van der Waals surface area contributed by atoms with Crippen molar-refractivity contribution >= 4 is 33.0 Å². The van der Waals surface area contributed by atoms with E-state index < -0.39 is 16.0 Å². The molecule has 0 aliphatic rings. The number of hydrogen-bond acceptors (Lipinski definition) is 5. The van der Waals surface area contributed by atoms with Crippen LogP contribution in [0.4, 0.5) is 5.69 Å². The van der Waals surface area contributed by atoms with Crippen LogP contribution in [0.5, 0.6) is 0 Å². The lowest BCUT2D eigenvalue weighted by atomic mass is 10.2. The Morgan fingerprint density at radius 1 is 1.47 bits per heavy atom. The maximum Gasteiger partial charge on any atom is 0.339 e. The molecular formula is C10H11N3O4S2. The molecule has 0 bridgehead atoms. The van der Waals surface area contributed by atoms with Gasteiger partial charge >= 0.3 is 5.97 Å². The molecule has 9 heteroatoms. The summed E-state index contributed by atoms with van der Waals surface area (Å²) in [6, 6.07) is 0. The van der Waals surface area contributed by atoms with Crippen molar-refractivity contribution in [2.45, 2.75) is 18.1 Å². The molecule has 7 nitrogen and oxygen atoms in total. The molecule has 2 heterocycles. The second-order valence-electron chi connectivity index (χ2n) is 3.81. The first kappa shape index (κ1) is 13.6. The van der Waals surface area contributed by atoms with Gasteiger partial charge in [-0.25, -0.2) is 18.2 Å². The molecule has 0 radical (unpaired) electrons. The van der Waals surface area contributed by atoms with Crippen LogP contribution in [0, 0.1) is 13.8 Å². The minimum Gasteiger partial charge on any atom is -0.478 e. The first-order valence-electron chi connectivity index (χ1n) is 5.18. The van der Waals surface area contributed by atoms with Crippen molar-refractivity contribution in [3.05, 3.63) is 28.7 Å². The molecule has 0 aliphatic heterocycles. The minimum atomic E-state index is -3.81. The second kappa shape index (κ2) is 4.67. The molecule has 2 rings (SSSR count). The average molecular weight is 301 g/mol. The normalized spacial score (nSPS) is 11.5. The van der Waals surface area contributed by atoms with Crippen molar-refractivity contribution in [2.24, 2.45) is 0 Å². The third-order valence-corrected chi connectivity index (χ3v) is 5.14. The predicted octanol–water partition coefficient (Wildman–Crippen LogP) is 1.59. The summed E-state index contributed by atoms with van der Waals surface area (Å²) in [5.41, 5.74) is 0.298. The van der Waals surface area contributed by atoms with Gasteiger partial charge in [0.15, 0.2) is 4.21 Å². The van der Waals surface area contributed by atoms with Crippen molar-refractivity contribution in [3.8, 4) is 0 Å². The number of rotatable bonds is 4. The number of carboxylic acids is 1. The number of aryl methyl sites for hydroxylation is 2. The summed E-state index contributed by atoms with van der Waals surface area (Å²) in [6.45, 7) is 3.24. The van der Waals surface area contributed by atoms with Crippen LogP contribution in [0.2, 0.25) is 0 Å². The van der Waals surface area contributed by atoms with Crippen molar-refractivity contribution in [1.82, 2.24) is 9.97 Å². The molecule has 0 aliphatic carbocycles. The number of carbonyl (C=O) groups is 1. The molecule has 0 spiro atoms. The monoisotopic (exact) mass is 301 g/mol. The van der Waals surface area contributed by atoms with Crippen molar-refractivity contribution < 1.29 is 18.3 Å². The second-order valence-corrected chi connectivity index (χ2v) is 6.96. The summed E-state index contributed by atoms with van der Waals surface area (Å²) < 4.78 is 26.4. The zero-order chi connectivity index (χ0) is 14.2. The van der Waals surface area contributed by atoms with Crippen LogP contribution in [0.3, 0.4) is 0 Å². The van der Waals surface area contributed by atoms with E-state index in [2.05, 4.69) is 14.7 Å². The molecule has 0 fully saturated rings. The van der Waals surface area contributed by atoms with Gasteiger partial charge < -0.3 is 10.1 Å². The summed E-state index contributed by atoms with van der Waals surface area (Å²) >= 11 is 1.02. The fourth-order valence-corrected chi connectivity index (χ4v) is 3.71. The first-order chi connectivity index (χ1) is 8.81. The fraction of sp³-hybridized carbons (Fsp3) is 0.200. The van der Waals surface area contributed by atoms with E-state index in [1.54, 1.807) is 13.8 Å². The van der Waals surface area contributed by atoms with Crippen LogP contribution in [0.1, 0.15) is 21.1 Å². The third-order valence-electron chi connectivity index (χ3n) is 2.40. The number of aromatic carboxylic acids is 1. The Morgan fingerprint density at radius 3 is 2.68 bits per heavy atom. The zero-order valence-electron chi connectivity index (χ0n) is 10.1. The molecule has 102 valence electrons. The highest BCUT2D eigenvalue weighted by atomic mass is 32.2. The first-order valence-corrected chi connectivity index (χ1v) is 7.48. The van der Waals surface area contributed by atoms with Gasteiger partial charge in [0.25, 0.3) is 10.0 Å². The van der Waals surface area contributed by atoms with E-state index in [0.717, 1.165) is 11.3 Å². The Balaban J connectivity index is 2.39. The predicted molar refractivity (Wildman–Crippen MR) is 70.1 cm³/mol. The van der Waals surface area contributed by atoms with Gasteiger partial charge in [0.2, 0.25) is 0 Å². The number of thiazole rings is 1. The quantitative estimate of drug-likeness (QED) is 0.793. The molecule has 19 heavy (non-hydrogen) atoms. The van der Waals surface area contributed by atoms with Crippen LogP contribution in [0.15, 0.2) is 16.6 Å². The van der Waals surface area contributed by atoms with E-state index in [9.17, 15) is 13.2 Å². The Kier molecular flexibility index (Phi) is 3.33. The highest BCUT2D eigenvalue weighted by Gasteiger charge is 2.22. The van der Waals surface area contributed by atoms with Gasteiger partial charge in [-0.3, -0.25) is 4.72 Å². The highest BCUT2D eigenvalue weighted by Crippen LogP contribution is 2.25. The Hall–Kier alpha value is -1.87. The largest absolute Gasteiger partial charge is 0.478 e. The van der Waals surface area contributed by atoms with Crippen LogP contribution >= 0.6 is 11.3 Å². The summed E-state index contributed by atoms with van der Waals surface area (Å²) in [5.74, 6) is -1.20. The number of sulfonamides is 1. The number of H-pyrrole nitrogens is 1. The van der Waals surface area contributed by atoms with Gasteiger partial charge in [-0.15, -0.1) is 11.3 Å². The Morgan fingerprint density at radius 2 is 2.16 bits per heavy atom. The Bertz CT molecular complexity index is 730. The van der Waals surface area contributed by atoms with Gasteiger partial charge in [0.1, 0.15) is 5.56 Å². The Labute approximate surface area is 113 Å². The summed E-state index contributed by atoms with van der Waals surface area (Å²) in [4.78, 5) is 17.6. The van der Waals surface area contributed by atoms with Gasteiger partial charge in [0.05, 0.1) is 16.9 Å². The maximum atomic E-state index is 12.1. The number of hydrogen-bond donors (Lipinski definition) is 3. The van der Waals surface area contributed by atoms with Crippen molar-refractivity contribution in [3.63, 3.8) is 0 Å². The zero-order valence-corrected chi connectivity index (χ0v) is 11.7. The summed E-state index contributed by atoms with van der Waals surface area (Å²) in [7, 11) is -3.81. The van der Waals surface area contributed by atoms with E-state index in [0.29, 0.717) is 10.7 Å². The van der Waals surface area contributed by atoms with Crippen molar-refractivity contribution in [2.75, 3.05) is 4.72 Å². The van der Waals surface area contributed by atoms with E-state index in [4.69, 9.17) is 5.11 Å². The minimum absolute atomic E-state index is 0.0102. The van der Waals surface area contributed by atoms with Crippen molar-refractivity contribution in [1.29, 1.82) is 0 Å². The van der Waals surface area contributed by atoms with Crippen LogP contribution in [-0.2, 0) is 10.0 Å². The number of nitrogens with zero attached hydrogens (tertiary/aromatic N) is 1. The molecular weight excluding hydrogens is 290 g/mol. The molecule has 2 aromatic rings. The number of carboxylic acid groups (broad SMARTS) is 1. The topological polar surface area (TPSA) is 112 Å². The standard InChI is InChI=1S/C10H11N3O4S2/c1-5-9(10(14)15)7(3-11-5)13-19(16,17)8-4-12-6(2)18-8/h3-4,11,13H,1-2H3,(H,14,15). The van der Waals surface area contributed by atoms with E-state index in [1.165, 1.54) is 12.4 Å². The van der Waals surface area contributed by atoms with Crippen LogP contribution < -0.4 is 4.72 Å². The maximum absolute atomic E-state index is 12.1. The molecule has 0 unspecified atom stereocenters. The smallest absolute Gasteiger partial charge is 0.339 e. The number of anilines is 1. The summed E-state index contributed by atoms with van der Waals surface area (Å²) in [5, 5.41) is 9.66. The molecule has 0 saturated heterocycles. The number of aromatic amines is 1. The number of aromatic nitrogens is 2. The molecule has 0 saturated carbocycles. The van der Waals surface area contributed by atoms with Gasteiger partial charge in [-0.1, -0.05) is 0 Å². The van der Waals surface area contributed by atoms with Crippen LogP contribution in [-0.4, -0.2) is 29.5 Å². The fourth-order valence-electron chi connectivity index (χ4n) is 1.54. The lowest BCUT2D eigenvalue weighted by Crippen LogP contribution is -2.13. The third kappa shape index (κ3) is 2.61. The lowest BCUT2D eigenvalue weighted by Gasteiger charge is -2.05. The highest BCUT2D eigenvalue weighted by molar-refractivity contribution is 7.94. The lowest BCUT2D eigenvalue weighted by molar-refractivity contribution is 0.0697. The molecule has 3 N–H and O–H groups in total. The summed E-state index contributed by atoms with van der Waals surface area (Å²) in [6.07, 6.45) is 2.55. The van der Waals surface area contributed by atoms with Crippen LogP contribution in [0.25, 0.3) is 0 Å². The van der Waals surface area contributed by atoms with E-state index in [1.807, 2.05) is 0 Å². The van der Waals surface area contributed by atoms with Gasteiger partial charge in [-0.2, -0.15) is 0 Å². The van der Waals surface area contributed by atoms with Gasteiger partial charge in [-0.05, 0) is 13.8 Å². The molecule has 0 atom stereocenters. The molecule has 0 aromatic carbocycles. The van der Waals surface area contributed by atoms with Gasteiger partial charge in [0, 0.05) is 11.9 Å². The number of nitrogens with one attached hydrogen (secondary N) is 2.